The second-order valence-corrected chi connectivity index (χ2v) is 11.0. The van der Waals surface area contributed by atoms with Crippen LogP contribution in [-0.4, -0.2) is 78.4 Å². The minimum absolute atomic E-state index is 0.00239. The first-order chi connectivity index (χ1) is 21.4. The van der Waals surface area contributed by atoms with E-state index in [4.69, 9.17) is 15.2 Å². The van der Waals surface area contributed by atoms with E-state index in [9.17, 15) is 23.6 Å². The number of amides is 4. The summed E-state index contributed by atoms with van der Waals surface area (Å²) < 4.78 is 55.3. The van der Waals surface area contributed by atoms with E-state index in [2.05, 4.69) is 10.3 Å². The second-order valence-electron chi connectivity index (χ2n) is 11.0. The number of esters is 1. The van der Waals surface area contributed by atoms with Crippen LogP contribution in [0, 0.1) is 22.9 Å². The van der Waals surface area contributed by atoms with Crippen molar-refractivity contribution in [2.75, 3.05) is 43.9 Å². The smallest absolute Gasteiger partial charge is 0.323 e. The van der Waals surface area contributed by atoms with Crippen molar-refractivity contribution in [3.05, 3.63) is 72.2 Å². The van der Waals surface area contributed by atoms with E-state index in [0.717, 1.165) is 29.2 Å². The fourth-order valence-electron chi connectivity index (χ4n) is 4.65. The molecule has 1 saturated heterocycles. The number of rotatable bonds is 10. The molecule has 4 amide bonds. The number of nitrogens with zero attached hydrogens (tertiary/aromatic N) is 4. The van der Waals surface area contributed by atoms with Crippen molar-refractivity contribution in [2.24, 2.45) is 11.1 Å². The molecule has 0 spiro atoms. The van der Waals surface area contributed by atoms with Crippen LogP contribution < -0.4 is 20.7 Å². The molecule has 5 rings (SSSR count). The molecule has 2 heterocycles. The van der Waals surface area contributed by atoms with Crippen LogP contribution >= 0.6 is 0 Å². The van der Waals surface area contributed by atoms with Gasteiger partial charge in [0, 0.05) is 30.1 Å². The van der Waals surface area contributed by atoms with Crippen LogP contribution in [0.25, 0.3) is 0 Å². The maximum atomic E-state index is 15.5. The summed E-state index contributed by atoms with van der Waals surface area (Å²) in [5.74, 6) is -5.44. The van der Waals surface area contributed by atoms with Crippen molar-refractivity contribution < 1.29 is 41.8 Å². The fourth-order valence-corrected chi connectivity index (χ4v) is 4.65. The van der Waals surface area contributed by atoms with Gasteiger partial charge in [0.1, 0.15) is 28.9 Å². The third-order valence-corrected chi connectivity index (χ3v) is 7.23. The molecule has 1 saturated carbocycles. The topological polar surface area (TPSA) is 147 Å². The van der Waals surface area contributed by atoms with Gasteiger partial charge in [-0.1, -0.05) is 0 Å². The summed E-state index contributed by atoms with van der Waals surface area (Å²) in [5.41, 5.74) is 3.32. The van der Waals surface area contributed by atoms with Crippen molar-refractivity contribution in [1.29, 1.82) is 0 Å². The minimum Gasteiger partial charge on any atom is -0.458 e. The number of halogens is 3. The Hall–Kier alpha value is -5.18. The number of nitrogens with two attached hydrogens (primary N) is 1. The van der Waals surface area contributed by atoms with E-state index in [1.807, 2.05) is 0 Å². The van der Waals surface area contributed by atoms with Gasteiger partial charge in [0.2, 0.25) is 11.8 Å². The highest BCUT2D eigenvalue weighted by atomic mass is 19.1. The Morgan fingerprint density at radius 1 is 1.02 bits per heavy atom. The average molecular weight is 627 g/mol. The summed E-state index contributed by atoms with van der Waals surface area (Å²) in [5, 5.41) is 2.56. The number of urea groups is 1. The molecular weight excluding hydrogens is 597 g/mol. The van der Waals surface area contributed by atoms with Gasteiger partial charge in [-0.15, -0.1) is 0 Å². The Labute approximate surface area is 255 Å². The molecule has 1 aromatic heterocycles. The summed E-state index contributed by atoms with van der Waals surface area (Å²) >= 11 is 0. The zero-order valence-electron chi connectivity index (χ0n) is 24.3. The lowest BCUT2D eigenvalue weighted by atomic mass is 10.0. The largest absolute Gasteiger partial charge is 0.458 e. The lowest BCUT2D eigenvalue weighted by Crippen LogP contribution is -2.57. The third kappa shape index (κ3) is 6.82. The normalized spacial score (nSPS) is 15.2. The fraction of sp³-hybridized carbons (Fsp3) is 0.300. The number of benzene rings is 2. The zero-order chi connectivity index (χ0) is 32.5. The molecule has 45 heavy (non-hydrogen) atoms. The predicted molar refractivity (Wildman–Crippen MR) is 154 cm³/mol. The van der Waals surface area contributed by atoms with Crippen molar-refractivity contribution >= 4 is 41.0 Å². The number of nitrogens with one attached hydrogen (secondary N) is 1. The van der Waals surface area contributed by atoms with E-state index in [1.54, 1.807) is 19.0 Å². The number of pyridine rings is 1. The SMILES string of the molecule is CN(C)CC(=O)OC1CN(C(=O)Nc2cc(Oc3cc(F)c(N(C(=O)C4(C(N)=O)CC4)c4ccc(F)cc4)cc3F)ccn2)C1. The summed E-state index contributed by atoms with van der Waals surface area (Å²) in [4.78, 5) is 57.8. The van der Waals surface area contributed by atoms with Crippen LogP contribution in [0.4, 0.5) is 35.2 Å². The third-order valence-electron chi connectivity index (χ3n) is 7.23. The van der Waals surface area contributed by atoms with Crippen LogP contribution in [0.1, 0.15) is 12.8 Å². The van der Waals surface area contributed by atoms with Crippen LogP contribution in [0.2, 0.25) is 0 Å². The summed E-state index contributed by atoms with van der Waals surface area (Å²) in [6.07, 6.45) is 1.12. The van der Waals surface area contributed by atoms with Crippen molar-refractivity contribution in [3.8, 4) is 11.5 Å². The van der Waals surface area contributed by atoms with E-state index >= 15 is 8.78 Å². The molecule has 0 unspecified atom stereocenters. The van der Waals surface area contributed by atoms with Gasteiger partial charge < -0.3 is 20.1 Å². The first kappa shape index (κ1) is 31.3. The number of ether oxygens (including phenoxy) is 2. The molecule has 3 aromatic rings. The molecule has 12 nitrogen and oxygen atoms in total. The maximum absolute atomic E-state index is 15.5. The van der Waals surface area contributed by atoms with Gasteiger partial charge >= 0.3 is 12.0 Å². The molecule has 2 aromatic carbocycles. The van der Waals surface area contributed by atoms with E-state index < -0.39 is 64.2 Å². The van der Waals surface area contributed by atoms with Gasteiger partial charge in [-0.05, 0) is 57.3 Å². The minimum atomic E-state index is -1.59. The van der Waals surface area contributed by atoms with Gasteiger partial charge in [-0.2, -0.15) is 0 Å². The number of aromatic nitrogens is 1. The molecule has 0 atom stereocenters. The molecule has 0 radical (unpaired) electrons. The predicted octanol–water partition coefficient (Wildman–Crippen LogP) is 3.54. The molecule has 15 heteroatoms. The highest BCUT2D eigenvalue weighted by Gasteiger charge is 2.57. The van der Waals surface area contributed by atoms with Crippen LogP contribution in [0.3, 0.4) is 0 Å². The summed E-state index contributed by atoms with van der Waals surface area (Å²) in [7, 11) is 3.46. The van der Waals surface area contributed by atoms with Gasteiger partial charge in [0.15, 0.2) is 17.4 Å². The van der Waals surface area contributed by atoms with Gasteiger partial charge in [0.25, 0.3) is 0 Å². The monoisotopic (exact) mass is 626 g/mol. The molecule has 2 aliphatic rings. The average Bonchev–Trinajstić information content (AvgIpc) is 3.76. The number of likely N-dealkylation sites (N-methyl/N-ethyl adjacent to an activating group) is 1. The number of carbonyl (C=O) groups is 4. The van der Waals surface area contributed by atoms with Crippen LogP contribution in [-0.2, 0) is 19.1 Å². The quantitative estimate of drug-likeness (QED) is 0.257. The number of likely N-dealkylation sites (tertiary alicyclic amines) is 1. The summed E-state index contributed by atoms with van der Waals surface area (Å²) in [6.45, 7) is 0.499. The van der Waals surface area contributed by atoms with E-state index in [0.29, 0.717) is 0 Å². The van der Waals surface area contributed by atoms with Crippen LogP contribution in [0.15, 0.2) is 54.7 Å². The molecule has 0 bridgehead atoms. The van der Waals surface area contributed by atoms with Gasteiger partial charge in [0.05, 0.1) is 25.3 Å². The number of hydrogen-bond acceptors (Lipinski definition) is 8. The number of anilines is 3. The Morgan fingerprint density at radius 3 is 2.33 bits per heavy atom. The Kier molecular flexibility index (Phi) is 8.64. The molecule has 1 aliphatic carbocycles. The Bertz CT molecular complexity index is 1640. The van der Waals surface area contributed by atoms with Gasteiger partial charge in [-0.3, -0.25) is 29.5 Å². The standard InChI is InChI=1S/C30H29F3N6O6/c1-37(2)16-26(40)45-20-14-38(15-20)29(43)36-25-11-19(7-10-35-25)44-24-13-21(32)23(12-22(24)33)39(18-5-3-17(31)4-6-18)28(42)30(8-9-30)27(34)41/h3-7,10-13,20H,8-9,14-16H2,1-2H3,(H2,34,41)(H,35,36,43). The molecule has 1 aliphatic heterocycles. The second kappa shape index (κ2) is 12.4. The number of hydrogen-bond donors (Lipinski definition) is 2. The van der Waals surface area contributed by atoms with Crippen LogP contribution in [0.5, 0.6) is 11.5 Å². The van der Waals surface area contributed by atoms with Gasteiger partial charge in [-0.25, -0.2) is 22.9 Å². The molecule has 236 valence electrons. The Balaban J connectivity index is 1.29. The first-order valence-electron chi connectivity index (χ1n) is 13.8. The molecular formula is C30H29F3N6O6. The van der Waals surface area contributed by atoms with Crippen molar-refractivity contribution in [3.63, 3.8) is 0 Å². The van der Waals surface area contributed by atoms with E-state index in [-0.39, 0.29) is 49.7 Å². The van der Waals surface area contributed by atoms with Crippen molar-refractivity contribution in [2.45, 2.75) is 18.9 Å². The number of primary amides is 1. The molecule has 3 N–H and O–H groups in total. The lowest BCUT2D eigenvalue weighted by molar-refractivity contribution is -0.156. The van der Waals surface area contributed by atoms with E-state index in [1.165, 1.54) is 35.4 Å². The highest BCUT2D eigenvalue weighted by molar-refractivity contribution is 6.16. The zero-order valence-corrected chi connectivity index (χ0v) is 24.3. The summed E-state index contributed by atoms with van der Waals surface area (Å²) in [6, 6.07) is 8.01. The number of carbonyl (C=O) groups excluding carboxylic acids is 4. The first-order valence-corrected chi connectivity index (χ1v) is 13.8. The maximum Gasteiger partial charge on any atom is 0.323 e. The Morgan fingerprint density at radius 2 is 1.71 bits per heavy atom. The lowest BCUT2D eigenvalue weighted by Gasteiger charge is -2.38. The molecule has 2 fully saturated rings. The highest BCUT2D eigenvalue weighted by Crippen LogP contribution is 2.49. The van der Waals surface area contributed by atoms with Crippen molar-refractivity contribution in [1.82, 2.24) is 14.8 Å².